The molecule has 0 fully saturated rings. The third kappa shape index (κ3) is 11.3. The minimum absolute atomic E-state index is 0.148. The van der Waals surface area contributed by atoms with E-state index < -0.39 is 29.5 Å². The van der Waals surface area contributed by atoms with E-state index in [-0.39, 0.29) is 25.3 Å². The topological polar surface area (TPSA) is 77.4 Å². The maximum absolute atomic E-state index is 13.6. The number of hydrogen-bond donors (Lipinski definition) is 0. The van der Waals surface area contributed by atoms with Gasteiger partial charge in [-0.1, -0.05) is 18.2 Å². The molecule has 3 rings (SSSR count). The van der Waals surface area contributed by atoms with Gasteiger partial charge in [-0.25, -0.2) is 0 Å². The van der Waals surface area contributed by atoms with Crippen LogP contribution in [0.15, 0.2) is 59.6 Å². The number of nitrogens with zero attached hydrogens (tertiary/aromatic N) is 2. The molecule has 1 unspecified atom stereocenters. The van der Waals surface area contributed by atoms with Crippen LogP contribution in [0, 0.1) is 0 Å². The number of aliphatic imine (C=N–C) groups is 1. The van der Waals surface area contributed by atoms with E-state index in [0.29, 0.717) is 31.7 Å². The molecule has 1 aliphatic rings. The van der Waals surface area contributed by atoms with Crippen LogP contribution in [0.3, 0.4) is 0 Å². The van der Waals surface area contributed by atoms with E-state index in [1.165, 1.54) is 51.8 Å². The molecule has 2 aromatic carbocycles. The summed E-state index contributed by atoms with van der Waals surface area (Å²) in [7, 11) is 0. The monoisotopic (exact) mass is 756 g/mol. The standard InChI is InChI=1S/C27H33N2O5.3C4H9.Sn/c1-5-32-24(30)27(20-33-23(28-27)21-14-8-6-9-15-21)18-12-13-19-29(22-16-10-7-11-17-22)25(31)34-26(2,3)4;3*1-3-4-2;/h6,8-11,14-17H,5,12-13,18-20H2,1-4H3;3*1,3-4H2,2H3;. The summed E-state index contributed by atoms with van der Waals surface area (Å²) in [5.74, 6) is 0.0990. The van der Waals surface area contributed by atoms with Gasteiger partial charge < -0.3 is 0 Å². The Balaban J connectivity index is 1.82. The van der Waals surface area contributed by atoms with Crippen molar-refractivity contribution in [2.45, 2.75) is 131 Å². The number of ether oxygens (including phenoxy) is 3. The third-order valence-corrected chi connectivity index (χ3v) is 24.8. The number of anilines is 1. The van der Waals surface area contributed by atoms with E-state index in [9.17, 15) is 9.59 Å². The van der Waals surface area contributed by atoms with Crippen LogP contribution in [0.5, 0.6) is 0 Å². The summed E-state index contributed by atoms with van der Waals surface area (Å²) in [6.07, 6.45) is 9.10. The summed E-state index contributed by atoms with van der Waals surface area (Å²) in [6.45, 7) is 15.3. The number of benzene rings is 2. The van der Waals surface area contributed by atoms with Crippen LogP contribution in [0.25, 0.3) is 0 Å². The number of esters is 1. The van der Waals surface area contributed by atoms with E-state index in [4.69, 9.17) is 19.2 Å². The molecule has 0 bridgehead atoms. The van der Waals surface area contributed by atoms with Crippen LogP contribution in [0.1, 0.15) is 112 Å². The SMILES string of the molecule is CCC[CH2][Sn]([CH2]CCC)([CH2]CCC)[c]1ccc(N(CCCCC2(C(=O)OCC)COC(c3ccccc3)=N2)C(=O)OC(C)(C)C)cc1. The fourth-order valence-electron chi connectivity index (χ4n) is 6.45. The first kappa shape index (κ1) is 38.9. The van der Waals surface area contributed by atoms with Crippen LogP contribution in [-0.4, -0.2) is 67.2 Å². The first-order chi connectivity index (χ1) is 22.5. The van der Waals surface area contributed by atoms with Gasteiger partial charge in [-0.2, -0.15) is 0 Å². The Kier molecular flexibility index (Phi) is 15.6. The van der Waals surface area contributed by atoms with Crippen molar-refractivity contribution in [2.24, 2.45) is 4.99 Å². The van der Waals surface area contributed by atoms with Gasteiger partial charge in [-0.3, -0.25) is 0 Å². The number of carbonyl (C=O) groups excluding carboxylic acids is 2. The quantitative estimate of drug-likeness (QED) is 0.0812. The Labute approximate surface area is 288 Å². The molecular formula is C39H60N2O5Sn. The number of rotatable bonds is 19. The Morgan fingerprint density at radius 1 is 0.851 bits per heavy atom. The molecule has 1 amide bonds. The van der Waals surface area contributed by atoms with Crippen molar-refractivity contribution in [1.29, 1.82) is 0 Å². The number of carbonyl (C=O) groups is 2. The molecule has 0 N–H and O–H groups in total. The zero-order valence-corrected chi connectivity index (χ0v) is 33.1. The van der Waals surface area contributed by atoms with Crippen LogP contribution in [-0.2, 0) is 19.0 Å². The first-order valence-corrected chi connectivity index (χ1v) is 25.6. The number of amides is 1. The summed E-state index contributed by atoms with van der Waals surface area (Å²) >= 11 is -2.60. The van der Waals surface area contributed by atoms with Crippen molar-refractivity contribution in [3.05, 3.63) is 60.2 Å². The second kappa shape index (κ2) is 18.8. The summed E-state index contributed by atoms with van der Waals surface area (Å²) < 4.78 is 23.1. The molecule has 0 spiro atoms. The molecule has 2 aromatic rings. The van der Waals surface area contributed by atoms with Crippen LogP contribution in [0.2, 0.25) is 13.3 Å². The molecule has 260 valence electrons. The summed E-state index contributed by atoms with van der Waals surface area (Å²) in [5.41, 5.74) is -0.00551. The van der Waals surface area contributed by atoms with Gasteiger partial charge in [-0.05, 0) is 19.1 Å². The summed E-state index contributed by atoms with van der Waals surface area (Å²) in [4.78, 5) is 33.3. The Morgan fingerprint density at radius 2 is 1.45 bits per heavy atom. The average Bonchev–Trinajstić information content (AvgIpc) is 3.50. The van der Waals surface area contributed by atoms with E-state index in [1.54, 1.807) is 15.4 Å². The van der Waals surface area contributed by atoms with Crippen molar-refractivity contribution in [2.75, 3.05) is 24.7 Å². The molecule has 1 aliphatic heterocycles. The third-order valence-electron chi connectivity index (χ3n) is 9.09. The molecular weight excluding hydrogens is 695 g/mol. The molecule has 0 saturated heterocycles. The predicted octanol–water partition coefficient (Wildman–Crippen LogP) is 9.43. The van der Waals surface area contributed by atoms with Gasteiger partial charge in [0.15, 0.2) is 0 Å². The van der Waals surface area contributed by atoms with Gasteiger partial charge in [0.05, 0.1) is 6.61 Å². The fourth-order valence-corrected chi connectivity index (χ4v) is 22.4. The normalized spacial score (nSPS) is 16.4. The van der Waals surface area contributed by atoms with Crippen LogP contribution in [0.4, 0.5) is 10.5 Å². The number of hydrogen-bond acceptors (Lipinski definition) is 6. The zero-order valence-electron chi connectivity index (χ0n) is 30.2. The maximum atomic E-state index is 13.6. The second-order valence-electron chi connectivity index (χ2n) is 14.1. The van der Waals surface area contributed by atoms with Gasteiger partial charge in [0.1, 0.15) is 0 Å². The predicted molar refractivity (Wildman–Crippen MR) is 197 cm³/mol. The average molecular weight is 756 g/mol. The molecule has 1 heterocycles. The van der Waals surface area contributed by atoms with Gasteiger partial charge in [0.2, 0.25) is 0 Å². The van der Waals surface area contributed by atoms with E-state index in [1.807, 2.05) is 51.1 Å². The molecule has 0 aliphatic carbocycles. The van der Waals surface area contributed by atoms with Crippen molar-refractivity contribution in [1.82, 2.24) is 0 Å². The van der Waals surface area contributed by atoms with E-state index >= 15 is 0 Å². The molecule has 47 heavy (non-hydrogen) atoms. The molecule has 7 nitrogen and oxygen atoms in total. The van der Waals surface area contributed by atoms with Crippen LogP contribution < -0.4 is 8.48 Å². The van der Waals surface area contributed by atoms with Crippen molar-refractivity contribution in [3.63, 3.8) is 0 Å². The van der Waals surface area contributed by atoms with Gasteiger partial charge >= 0.3 is 240 Å². The number of unbranched alkanes of at least 4 members (excludes halogenated alkanes) is 4. The van der Waals surface area contributed by atoms with Gasteiger partial charge in [0.25, 0.3) is 0 Å². The fraction of sp³-hybridized carbons (Fsp3) is 0.615. The minimum atomic E-state index is -2.60. The Morgan fingerprint density at radius 3 is 1.98 bits per heavy atom. The van der Waals surface area contributed by atoms with E-state index in [2.05, 4.69) is 45.0 Å². The molecule has 8 heteroatoms. The molecule has 0 aromatic heterocycles. The Hall–Kier alpha value is -2.55. The molecule has 1 atom stereocenters. The summed E-state index contributed by atoms with van der Waals surface area (Å²) in [6, 6.07) is 18.6. The van der Waals surface area contributed by atoms with Gasteiger partial charge in [0, 0.05) is 5.56 Å². The van der Waals surface area contributed by atoms with Gasteiger partial charge in [-0.15, -0.1) is 0 Å². The van der Waals surface area contributed by atoms with Crippen molar-refractivity contribution in [3.8, 4) is 0 Å². The molecule has 0 saturated carbocycles. The molecule has 0 radical (unpaired) electrons. The summed E-state index contributed by atoms with van der Waals surface area (Å²) in [5, 5.41) is 0. The van der Waals surface area contributed by atoms with Crippen molar-refractivity contribution >= 4 is 45.6 Å². The van der Waals surface area contributed by atoms with Crippen molar-refractivity contribution < 1.29 is 23.8 Å². The second-order valence-corrected chi connectivity index (χ2v) is 27.3. The van der Waals surface area contributed by atoms with E-state index in [0.717, 1.165) is 11.3 Å². The van der Waals surface area contributed by atoms with Crippen LogP contribution >= 0.6 is 0 Å². The zero-order chi connectivity index (χ0) is 34.3. The Bertz CT molecular complexity index is 1250. The first-order valence-electron chi connectivity index (χ1n) is 18.1.